The number of hydrogen-bond donors (Lipinski definition) is 0. The molecular weight excluding hydrogens is 291 g/mol. The second kappa shape index (κ2) is 6.39. The molecule has 7 heteroatoms. The van der Waals surface area contributed by atoms with Gasteiger partial charge in [-0.3, -0.25) is 0 Å². The Bertz CT molecular complexity index is 490. The Hall–Kier alpha value is -1.37. The molecule has 3 nitrogen and oxygen atoms in total. The van der Waals surface area contributed by atoms with Gasteiger partial charge in [0.25, 0.3) is 0 Å². The predicted octanol–water partition coefficient (Wildman–Crippen LogP) is 3.51. The van der Waals surface area contributed by atoms with Crippen LogP contribution in [0.25, 0.3) is 0 Å². The highest BCUT2D eigenvalue weighted by Gasteiger charge is 2.28. The number of alkyl halides is 3. The molecule has 0 bridgehead atoms. The maximum Gasteiger partial charge on any atom is 0.422 e. The highest BCUT2D eigenvalue weighted by Crippen LogP contribution is 2.18. The van der Waals surface area contributed by atoms with Crippen molar-refractivity contribution in [3.63, 3.8) is 0 Å². The zero-order chi connectivity index (χ0) is 15.4. The first kappa shape index (κ1) is 16.7. The fraction of sp³-hybridized carbons (Fsp3) is 0.462. The van der Waals surface area contributed by atoms with Crippen molar-refractivity contribution < 1.29 is 22.1 Å². The lowest BCUT2D eigenvalue weighted by Gasteiger charge is -2.12. The van der Waals surface area contributed by atoms with Crippen molar-refractivity contribution >= 4 is 17.2 Å². The van der Waals surface area contributed by atoms with Crippen molar-refractivity contribution in [1.82, 2.24) is 0 Å². The Labute approximate surface area is 118 Å². The molecule has 0 saturated heterocycles. The molecule has 1 aromatic carbocycles. The summed E-state index contributed by atoms with van der Waals surface area (Å²) < 4.78 is 55.6. The van der Waals surface area contributed by atoms with Crippen LogP contribution in [0.15, 0.2) is 28.7 Å². The minimum Gasteiger partial charge on any atom is -0.484 e. The number of hydrogen-bond acceptors (Lipinski definition) is 2. The molecule has 0 aliphatic heterocycles. The van der Waals surface area contributed by atoms with Crippen LogP contribution in [0.1, 0.15) is 26.3 Å². The molecule has 0 fully saturated rings. The maximum atomic E-state index is 12.0. The predicted molar refractivity (Wildman–Crippen MR) is 73.5 cm³/mol. The molecule has 0 radical (unpaired) electrons. The van der Waals surface area contributed by atoms with Crippen LogP contribution in [-0.2, 0) is 11.0 Å². The first-order valence-electron chi connectivity index (χ1n) is 5.83. The SMILES string of the molecule is CC(C)(C)S(=O)N=Cc1ccc(OCC(F)(F)F)cc1. The Kier molecular flexibility index (Phi) is 5.33. The summed E-state index contributed by atoms with van der Waals surface area (Å²) in [7, 11) is -1.37. The third-order valence-corrected chi connectivity index (χ3v) is 3.45. The quantitative estimate of drug-likeness (QED) is 0.798. The number of ether oxygens (including phenoxy) is 1. The molecule has 1 aromatic rings. The van der Waals surface area contributed by atoms with E-state index in [1.54, 1.807) is 32.9 Å². The van der Waals surface area contributed by atoms with Gasteiger partial charge in [-0.15, -0.1) is 0 Å². The zero-order valence-electron chi connectivity index (χ0n) is 11.4. The minimum absolute atomic E-state index is 0.122. The van der Waals surface area contributed by atoms with E-state index in [1.165, 1.54) is 18.3 Å². The molecule has 0 amide bonds. The normalized spacial score (nSPS) is 14.5. The van der Waals surface area contributed by atoms with Gasteiger partial charge in [0.2, 0.25) is 0 Å². The second-order valence-electron chi connectivity index (χ2n) is 5.07. The Balaban J connectivity index is 2.63. The summed E-state index contributed by atoms with van der Waals surface area (Å²) in [5.74, 6) is 0.122. The van der Waals surface area contributed by atoms with Gasteiger partial charge in [0.05, 0.1) is 4.75 Å². The van der Waals surface area contributed by atoms with E-state index in [9.17, 15) is 17.4 Å². The lowest BCUT2D eigenvalue weighted by molar-refractivity contribution is -0.153. The fourth-order valence-electron chi connectivity index (χ4n) is 1.08. The Morgan fingerprint density at radius 2 is 1.75 bits per heavy atom. The van der Waals surface area contributed by atoms with E-state index in [4.69, 9.17) is 0 Å². The summed E-state index contributed by atoms with van der Waals surface area (Å²) in [5, 5.41) is 0. The molecule has 20 heavy (non-hydrogen) atoms. The second-order valence-corrected chi connectivity index (χ2v) is 7.00. The van der Waals surface area contributed by atoms with Crippen molar-refractivity contribution in [2.45, 2.75) is 31.7 Å². The number of nitrogens with zero attached hydrogens (tertiary/aromatic N) is 1. The molecule has 1 atom stereocenters. The minimum atomic E-state index is -4.36. The van der Waals surface area contributed by atoms with Gasteiger partial charge < -0.3 is 4.74 Å². The maximum absolute atomic E-state index is 12.0. The van der Waals surface area contributed by atoms with Crippen LogP contribution in [0.5, 0.6) is 5.75 Å². The number of rotatable bonds is 4. The standard InChI is InChI=1S/C13H16F3NO2S/c1-12(2,3)20(18)17-8-10-4-6-11(7-5-10)19-9-13(14,15)16/h4-8H,9H2,1-3H3. The molecule has 1 rings (SSSR count). The van der Waals surface area contributed by atoms with E-state index in [2.05, 4.69) is 9.13 Å². The van der Waals surface area contributed by atoms with Crippen LogP contribution < -0.4 is 4.74 Å². The van der Waals surface area contributed by atoms with Crippen LogP contribution in [-0.4, -0.2) is 28.0 Å². The molecule has 112 valence electrons. The largest absolute Gasteiger partial charge is 0.484 e. The van der Waals surface area contributed by atoms with E-state index < -0.39 is 28.5 Å². The summed E-state index contributed by atoms with van der Waals surface area (Å²) in [6, 6.07) is 5.92. The van der Waals surface area contributed by atoms with E-state index in [-0.39, 0.29) is 5.75 Å². The summed E-state index contributed by atoms with van der Waals surface area (Å²) in [6.45, 7) is 4.08. The van der Waals surface area contributed by atoms with E-state index >= 15 is 0 Å². The van der Waals surface area contributed by atoms with Crippen molar-refractivity contribution in [2.24, 2.45) is 4.40 Å². The average molecular weight is 307 g/mol. The first-order valence-corrected chi connectivity index (χ1v) is 6.94. The molecule has 0 aromatic heterocycles. The van der Waals surface area contributed by atoms with E-state index in [0.29, 0.717) is 5.56 Å². The third-order valence-electron chi connectivity index (χ3n) is 2.10. The molecule has 0 heterocycles. The van der Waals surface area contributed by atoms with Crippen LogP contribution in [0, 0.1) is 0 Å². The van der Waals surface area contributed by atoms with Crippen molar-refractivity contribution in [2.75, 3.05) is 6.61 Å². The molecule has 0 spiro atoms. The summed E-state index contributed by atoms with van der Waals surface area (Å²) in [5.41, 5.74) is 0.641. The lowest BCUT2D eigenvalue weighted by Crippen LogP contribution is -2.19. The lowest BCUT2D eigenvalue weighted by atomic mass is 10.2. The molecule has 0 N–H and O–H groups in total. The zero-order valence-corrected chi connectivity index (χ0v) is 12.2. The number of halogens is 3. The van der Waals surface area contributed by atoms with E-state index in [0.717, 1.165) is 0 Å². The highest BCUT2D eigenvalue weighted by molar-refractivity contribution is 7.85. The fourth-order valence-corrected chi connectivity index (χ4v) is 1.62. The number of benzene rings is 1. The van der Waals surface area contributed by atoms with Gasteiger partial charge in [0.1, 0.15) is 16.7 Å². The van der Waals surface area contributed by atoms with Crippen molar-refractivity contribution in [3.8, 4) is 5.75 Å². The third kappa shape index (κ3) is 6.18. The van der Waals surface area contributed by atoms with Crippen LogP contribution in [0.3, 0.4) is 0 Å². The smallest absolute Gasteiger partial charge is 0.422 e. The van der Waals surface area contributed by atoms with Crippen LogP contribution in [0.4, 0.5) is 13.2 Å². The first-order chi connectivity index (χ1) is 9.08. The molecule has 1 unspecified atom stereocenters. The highest BCUT2D eigenvalue weighted by atomic mass is 32.2. The van der Waals surface area contributed by atoms with Gasteiger partial charge in [0.15, 0.2) is 6.61 Å². The monoisotopic (exact) mass is 307 g/mol. The van der Waals surface area contributed by atoms with Gasteiger partial charge in [-0.25, -0.2) is 4.21 Å². The van der Waals surface area contributed by atoms with Gasteiger partial charge in [0, 0.05) is 6.21 Å². The average Bonchev–Trinajstić information content (AvgIpc) is 2.32. The van der Waals surface area contributed by atoms with Crippen molar-refractivity contribution in [3.05, 3.63) is 29.8 Å². The van der Waals surface area contributed by atoms with Gasteiger partial charge in [-0.2, -0.15) is 17.6 Å². The molecular formula is C13H16F3NO2S. The summed E-state index contributed by atoms with van der Waals surface area (Å²) in [6.07, 6.45) is -2.93. The van der Waals surface area contributed by atoms with Gasteiger partial charge >= 0.3 is 6.18 Å². The topological polar surface area (TPSA) is 38.7 Å². The summed E-state index contributed by atoms with van der Waals surface area (Å²) >= 11 is 0. The Morgan fingerprint density at radius 1 is 1.20 bits per heavy atom. The molecule has 0 aliphatic rings. The van der Waals surface area contributed by atoms with Crippen LogP contribution in [0.2, 0.25) is 0 Å². The summed E-state index contributed by atoms with van der Waals surface area (Å²) in [4.78, 5) is 0. The molecule has 0 saturated carbocycles. The van der Waals surface area contributed by atoms with E-state index in [1.807, 2.05) is 0 Å². The van der Waals surface area contributed by atoms with Crippen molar-refractivity contribution in [1.29, 1.82) is 0 Å². The van der Waals surface area contributed by atoms with Gasteiger partial charge in [-0.05, 0) is 50.6 Å². The van der Waals surface area contributed by atoms with Crippen LogP contribution >= 0.6 is 0 Å². The Morgan fingerprint density at radius 3 is 2.20 bits per heavy atom. The van der Waals surface area contributed by atoms with Gasteiger partial charge in [-0.1, -0.05) is 0 Å². The molecule has 0 aliphatic carbocycles.